The fourth-order valence-corrected chi connectivity index (χ4v) is 5.47. The van der Waals surface area contributed by atoms with Gasteiger partial charge in [0.25, 0.3) is 11.8 Å². The number of nitrogens with zero attached hydrogens (tertiary/aromatic N) is 6. The highest BCUT2D eigenvalue weighted by Gasteiger charge is 2.47. The van der Waals surface area contributed by atoms with Gasteiger partial charge < -0.3 is 25.2 Å². The lowest BCUT2D eigenvalue weighted by Gasteiger charge is -2.32. The third-order valence-electron chi connectivity index (χ3n) is 7.79. The maximum atomic E-state index is 14.6. The van der Waals surface area contributed by atoms with Crippen molar-refractivity contribution in [1.82, 2.24) is 30.6 Å². The third-order valence-corrected chi connectivity index (χ3v) is 7.79. The van der Waals surface area contributed by atoms with Crippen molar-refractivity contribution in [1.29, 1.82) is 0 Å². The lowest BCUT2D eigenvalue weighted by molar-refractivity contribution is -0.140. The van der Waals surface area contributed by atoms with Gasteiger partial charge in [0, 0.05) is 64.0 Å². The SMILES string of the molecule is COc1cc(C(=O)NN2CCC(N3CCNCC3)C2)ccc1Nc1ncc2c(n1)N(C(C)C)CC(F)(F)C(=O)N2C. The zero-order valence-electron chi connectivity index (χ0n) is 23.8. The van der Waals surface area contributed by atoms with E-state index in [-0.39, 0.29) is 29.4 Å². The van der Waals surface area contributed by atoms with E-state index in [1.807, 2.05) is 5.01 Å². The molecule has 2 amide bonds. The van der Waals surface area contributed by atoms with Gasteiger partial charge in [-0.15, -0.1) is 0 Å². The van der Waals surface area contributed by atoms with Gasteiger partial charge in [-0.3, -0.25) is 19.9 Å². The molecule has 1 aromatic heterocycles. The first-order chi connectivity index (χ1) is 19.6. The van der Waals surface area contributed by atoms with Crippen LogP contribution < -0.4 is 30.6 Å². The summed E-state index contributed by atoms with van der Waals surface area (Å²) in [6, 6.07) is 5.05. The van der Waals surface area contributed by atoms with Crippen molar-refractivity contribution in [2.45, 2.75) is 38.3 Å². The molecule has 41 heavy (non-hydrogen) atoms. The number of halogens is 2. The summed E-state index contributed by atoms with van der Waals surface area (Å²) < 4.78 is 34.8. The summed E-state index contributed by atoms with van der Waals surface area (Å²) in [6.45, 7) is 8.29. The van der Waals surface area contributed by atoms with E-state index in [0.29, 0.717) is 23.0 Å². The van der Waals surface area contributed by atoms with E-state index < -0.39 is 18.4 Å². The number of hydrazine groups is 1. The van der Waals surface area contributed by atoms with Crippen molar-refractivity contribution < 1.29 is 23.1 Å². The Bertz CT molecular complexity index is 1290. The molecule has 0 aliphatic carbocycles. The van der Waals surface area contributed by atoms with E-state index in [9.17, 15) is 18.4 Å². The molecule has 1 unspecified atom stereocenters. The van der Waals surface area contributed by atoms with Gasteiger partial charge in [0.1, 0.15) is 11.4 Å². The number of nitrogens with one attached hydrogen (secondary N) is 3. The molecule has 222 valence electrons. The second-order valence-corrected chi connectivity index (χ2v) is 10.8. The number of carbonyl (C=O) groups is 2. The Morgan fingerprint density at radius 2 is 1.98 bits per heavy atom. The molecule has 4 heterocycles. The zero-order valence-corrected chi connectivity index (χ0v) is 23.8. The number of alkyl halides is 2. The fourth-order valence-electron chi connectivity index (χ4n) is 5.47. The minimum Gasteiger partial charge on any atom is -0.495 e. The van der Waals surface area contributed by atoms with Gasteiger partial charge in [-0.25, -0.2) is 9.99 Å². The highest BCUT2D eigenvalue weighted by molar-refractivity contribution is 6.02. The van der Waals surface area contributed by atoms with E-state index in [4.69, 9.17) is 4.74 Å². The van der Waals surface area contributed by atoms with Crippen LogP contribution in [0.3, 0.4) is 0 Å². The number of methoxy groups -OCH3 is 1. The molecule has 1 atom stereocenters. The Morgan fingerprint density at radius 3 is 2.68 bits per heavy atom. The number of rotatable bonds is 7. The molecule has 0 radical (unpaired) electrons. The van der Waals surface area contributed by atoms with Gasteiger partial charge in [0.05, 0.1) is 25.5 Å². The van der Waals surface area contributed by atoms with E-state index in [1.54, 1.807) is 32.0 Å². The molecule has 3 N–H and O–H groups in total. The standard InChI is InChI=1S/C27H37F2N9O3/c1-17(2)38-16-27(28,29)25(40)35(3)21-14-31-26(33-23(21)38)32-20-6-5-18(13-22(20)41-4)24(39)34-37-10-7-19(15-37)36-11-8-30-9-12-36/h5-6,13-14,17,19,30H,7-12,15-16H2,1-4H3,(H,34,39)(H,31,32,33). The summed E-state index contributed by atoms with van der Waals surface area (Å²) in [5.41, 5.74) is 4.11. The van der Waals surface area contributed by atoms with Crippen molar-refractivity contribution in [2.75, 3.05) is 75.1 Å². The number of hydrogen-bond donors (Lipinski definition) is 3. The maximum Gasteiger partial charge on any atom is 0.342 e. The molecular formula is C27H37F2N9O3. The van der Waals surface area contributed by atoms with Gasteiger partial charge in [-0.1, -0.05) is 0 Å². The van der Waals surface area contributed by atoms with Crippen LogP contribution in [0, 0.1) is 0 Å². The van der Waals surface area contributed by atoms with Crippen LogP contribution in [0.2, 0.25) is 0 Å². The molecular weight excluding hydrogens is 536 g/mol. The third kappa shape index (κ3) is 6.04. The van der Waals surface area contributed by atoms with Crippen LogP contribution in [0.15, 0.2) is 24.4 Å². The fraction of sp³-hybridized carbons (Fsp3) is 0.556. The largest absolute Gasteiger partial charge is 0.495 e. The van der Waals surface area contributed by atoms with E-state index >= 15 is 0 Å². The summed E-state index contributed by atoms with van der Waals surface area (Å²) in [5.74, 6) is -4.39. The Morgan fingerprint density at radius 1 is 1.22 bits per heavy atom. The highest BCUT2D eigenvalue weighted by Crippen LogP contribution is 2.37. The normalized spacial score (nSPS) is 21.5. The molecule has 3 aliphatic rings. The zero-order chi connectivity index (χ0) is 29.3. The molecule has 2 fully saturated rings. The lowest BCUT2D eigenvalue weighted by atomic mass is 10.1. The first-order valence-electron chi connectivity index (χ1n) is 13.8. The van der Waals surface area contributed by atoms with Crippen LogP contribution in [-0.2, 0) is 4.79 Å². The predicted molar refractivity (Wildman–Crippen MR) is 151 cm³/mol. The van der Waals surface area contributed by atoms with Gasteiger partial charge >= 0.3 is 5.92 Å². The maximum absolute atomic E-state index is 14.6. The summed E-state index contributed by atoms with van der Waals surface area (Å²) in [5, 5.41) is 8.39. The second-order valence-electron chi connectivity index (χ2n) is 10.8. The molecule has 0 saturated carbocycles. The van der Waals surface area contributed by atoms with Gasteiger partial charge in [-0.05, 0) is 38.5 Å². The molecule has 2 aromatic rings. The predicted octanol–water partition coefficient (Wildman–Crippen LogP) is 1.68. The van der Waals surface area contributed by atoms with E-state index in [0.717, 1.165) is 50.6 Å². The quantitative estimate of drug-likeness (QED) is 0.452. The van der Waals surface area contributed by atoms with Crippen molar-refractivity contribution in [3.63, 3.8) is 0 Å². The number of hydrogen-bond acceptors (Lipinski definition) is 10. The van der Waals surface area contributed by atoms with Crippen LogP contribution in [0.1, 0.15) is 30.6 Å². The number of benzene rings is 1. The summed E-state index contributed by atoms with van der Waals surface area (Å²) in [7, 11) is 2.78. The Labute approximate surface area is 238 Å². The molecule has 0 spiro atoms. The highest BCUT2D eigenvalue weighted by atomic mass is 19.3. The average Bonchev–Trinajstić information content (AvgIpc) is 3.41. The first-order valence-corrected chi connectivity index (χ1v) is 13.8. The van der Waals surface area contributed by atoms with Gasteiger partial charge in [0.15, 0.2) is 5.82 Å². The van der Waals surface area contributed by atoms with Crippen LogP contribution in [0.4, 0.5) is 31.9 Å². The second kappa shape index (κ2) is 11.7. The van der Waals surface area contributed by atoms with Gasteiger partial charge in [0.2, 0.25) is 5.95 Å². The molecule has 1 aromatic carbocycles. The molecule has 14 heteroatoms. The monoisotopic (exact) mass is 573 g/mol. The molecule has 5 rings (SSSR count). The van der Waals surface area contributed by atoms with Crippen molar-refractivity contribution in [3.8, 4) is 5.75 Å². The lowest BCUT2D eigenvalue weighted by Crippen LogP contribution is -2.50. The van der Waals surface area contributed by atoms with Gasteiger partial charge in [-0.2, -0.15) is 13.8 Å². The van der Waals surface area contributed by atoms with Crippen LogP contribution >= 0.6 is 0 Å². The summed E-state index contributed by atoms with van der Waals surface area (Å²) in [6.07, 6.45) is 2.35. The number of anilines is 4. The number of fused-ring (bicyclic) bond motifs is 1. The van der Waals surface area contributed by atoms with Crippen LogP contribution in [-0.4, -0.2) is 110 Å². The Hall–Kier alpha value is -3.62. The van der Waals surface area contributed by atoms with Crippen LogP contribution in [0.25, 0.3) is 0 Å². The van der Waals surface area contributed by atoms with Crippen molar-refractivity contribution in [2.24, 2.45) is 0 Å². The van der Waals surface area contributed by atoms with Crippen molar-refractivity contribution in [3.05, 3.63) is 30.0 Å². The first kappa shape index (κ1) is 28.9. The van der Waals surface area contributed by atoms with Crippen molar-refractivity contribution >= 4 is 35.0 Å². The molecule has 3 aliphatic heterocycles. The summed E-state index contributed by atoms with van der Waals surface area (Å²) in [4.78, 5) is 38.9. The number of piperazine rings is 1. The molecule has 2 saturated heterocycles. The molecule has 0 bridgehead atoms. The topological polar surface area (TPSA) is 118 Å². The minimum absolute atomic E-state index is 0.131. The number of ether oxygens (including phenoxy) is 1. The average molecular weight is 574 g/mol. The van der Waals surface area contributed by atoms with E-state index in [1.165, 1.54) is 25.3 Å². The molecule has 12 nitrogen and oxygen atoms in total. The Balaban J connectivity index is 1.30. The Kier molecular flexibility index (Phi) is 8.25. The van der Waals surface area contributed by atoms with Crippen LogP contribution in [0.5, 0.6) is 5.75 Å². The van der Waals surface area contributed by atoms with E-state index in [2.05, 4.69) is 30.9 Å². The number of carbonyl (C=O) groups excluding carboxylic acids is 2. The minimum atomic E-state index is -3.58. The number of amides is 2. The summed E-state index contributed by atoms with van der Waals surface area (Å²) >= 11 is 0. The number of aromatic nitrogens is 2. The smallest absolute Gasteiger partial charge is 0.342 e.